The molecule has 0 amide bonds. The number of carbonyl (C=O) groups is 1. The first-order valence-electron chi connectivity index (χ1n) is 4.50. The molecule has 0 fully saturated rings. The molecular weight excluding hydrogens is 186 g/mol. The molecule has 0 aliphatic carbocycles. The van der Waals surface area contributed by atoms with Crippen LogP contribution < -0.4 is 0 Å². The average molecular weight is 198 g/mol. The van der Waals surface area contributed by atoms with Crippen LogP contribution in [0.2, 0.25) is 0 Å². The third kappa shape index (κ3) is 2.37. The van der Waals surface area contributed by atoms with Gasteiger partial charge >= 0.3 is 0 Å². The lowest BCUT2D eigenvalue weighted by Crippen LogP contribution is -2.03. The maximum absolute atomic E-state index is 13.2. The largest absolute Gasteiger partial charge is 0.300 e. The van der Waals surface area contributed by atoms with Crippen LogP contribution in [0.5, 0.6) is 0 Å². The van der Waals surface area contributed by atoms with Crippen LogP contribution >= 0.6 is 0 Å². The van der Waals surface area contributed by atoms with Crippen LogP contribution in [-0.4, -0.2) is 5.78 Å². The highest BCUT2D eigenvalue weighted by Gasteiger charge is 2.11. The summed E-state index contributed by atoms with van der Waals surface area (Å²) in [5.74, 6) is -1.95. The molecule has 0 saturated carbocycles. The van der Waals surface area contributed by atoms with E-state index in [1.165, 1.54) is 13.0 Å². The van der Waals surface area contributed by atoms with Gasteiger partial charge in [-0.3, -0.25) is 4.79 Å². The van der Waals surface area contributed by atoms with Crippen LogP contribution in [-0.2, 0) is 17.6 Å². The van der Waals surface area contributed by atoms with Crippen LogP contribution in [0.15, 0.2) is 12.1 Å². The Morgan fingerprint density at radius 3 is 2.50 bits per heavy atom. The maximum Gasteiger partial charge on any atom is 0.162 e. The molecule has 1 nitrogen and oxygen atoms in total. The number of benzene rings is 1. The maximum atomic E-state index is 13.2. The van der Waals surface area contributed by atoms with E-state index < -0.39 is 11.6 Å². The summed E-state index contributed by atoms with van der Waals surface area (Å²) in [5.41, 5.74) is 0.856. The highest BCUT2D eigenvalue weighted by molar-refractivity contribution is 5.78. The smallest absolute Gasteiger partial charge is 0.162 e. The Kier molecular flexibility index (Phi) is 3.33. The van der Waals surface area contributed by atoms with Gasteiger partial charge < -0.3 is 0 Å². The Hall–Kier alpha value is -1.25. The molecule has 3 heteroatoms. The Morgan fingerprint density at radius 1 is 1.36 bits per heavy atom. The molecule has 0 atom stereocenters. The molecule has 1 aromatic carbocycles. The number of Topliss-reactive ketones (excluding diaryl/α,β-unsaturated/α-hetero) is 1. The van der Waals surface area contributed by atoms with Crippen molar-refractivity contribution in [3.8, 4) is 0 Å². The van der Waals surface area contributed by atoms with Crippen LogP contribution in [0.3, 0.4) is 0 Å². The van der Waals surface area contributed by atoms with Crippen molar-refractivity contribution < 1.29 is 13.6 Å². The second-order valence-electron chi connectivity index (χ2n) is 3.28. The van der Waals surface area contributed by atoms with Gasteiger partial charge in [0.2, 0.25) is 0 Å². The summed E-state index contributed by atoms with van der Waals surface area (Å²) in [7, 11) is 0. The third-order valence-corrected chi connectivity index (χ3v) is 2.01. The Bertz CT molecular complexity index is 359. The first-order valence-corrected chi connectivity index (χ1v) is 4.50. The number of rotatable bonds is 3. The zero-order valence-corrected chi connectivity index (χ0v) is 8.23. The fourth-order valence-corrected chi connectivity index (χ4v) is 1.31. The van der Waals surface area contributed by atoms with Crippen molar-refractivity contribution in [3.05, 3.63) is 34.9 Å². The van der Waals surface area contributed by atoms with Gasteiger partial charge in [0.25, 0.3) is 0 Å². The van der Waals surface area contributed by atoms with Crippen LogP contribution in [0.25, 0.3) is 0 Å². The van der Waals surface area contributed by atoms with Crippen molar-refractivity contribution >= 4 is 5.78 Å². The van der Waals surface area contributed by atoms with Crippen molar-refractivity contribution in [1.29, 1.82) is 0 Å². The molecule has 1 aromatic rings. The summed E-state index contributed by atoms with van der Waals surface area (Å²) in [6, 6.07) is 2.71. The molecule has 0 aromatic heterocycles. The topological polar surface area (TPSA) is 17.1 Å². The lowest BCUT2D eigenvalue weighted by Gasteiger charge is -2.04. The molecule has 0 bridgehead atoms. The minimum absolute atomic E-state index is 0.0450. The third-order valence-electron chi connectivity index (χ3n) is 2.01. The van der Waals surface area contributed by atoms with E-state index in [-0.39, 0.29) is 17.8 Å². The Morgan fingerprint density at radius 2 is 2.00 bits per heavy atom. The molecule has 0 radical (unpaired) electrons. The predicted octanol–water partition coefficient (Wildman–Crippen LogP) is 2.66. The fourth-order valence-electron chi connectivity index (χ4n) is 1.31. The Balaban J connectivity index is 3.13. The first-order chi connectivity index (χ1) is 6.54. The summed E-state index contributed by atoms with van der Waals surface area (Å²) < 4.78 is 26.1. The molecule has 76 valence electrons. The summed E-state index contributed by atoms with van der Waals surface area (Å²) >= 11 is 0. The standard InChI is InChI=1S/C11H12F2O/c1-3-8-5-9(4-7(2)14)11(13)10(12)6-8/h5-6H,3-4H2,1-2H3. The van der Waals surface area contributed by atoms with Gasteiger partial charge in [-0.15, -0.1) is 0 Å². The number of halogens is 2. The summed E-state index contributed by atoms with van der Waals surface area (Å²) in [5, 5.41) is 0. The molecule has 0 saturated heterocycles. The van der Waals surface area contributed by atoms with Crippen LogP contribution in [0, 0.1) is 11.6 Å². The monoisotopic (exact) mass is 198 g/mol. The van der Waals surface area contributed by atoms with Crippen molar-refractivity contribution in [2.45, 2.75) is 26.7 Å². The van der Waals surface area contributed by atoms with Crippen molar-refractivity contribution in [2.75, 3.05) is 0 Å². The van der Waals surface area contributed by atoms with E-state index >= 15 is 0 Å². The van der Waals surface area contributed by atoms with Gasteiger partial charge in [0.1, 0.15) is 5.78 Å². The van der Waals surface area contributed by atoms with Gasteiger partial charge in [-0.1, -0.05) is 13.0 Å². The highest BCUT2D eigenvalue weighted by atomic mass is 19.2. The SMILES string of the molecule is CCc1cc(F)c(F)c(CC(C)=O)c1. The Labute approximate surface area is 81.7 Å². The van der Waals surface area contributed by atoms with Gasteiger partial charge in [-0.2, -0.15) is 0 Å². The molecule has 0 aliphatic heterocycles. The van der Waals surface area contributed by atoms with Crippen LogP contribution in [0.4, 0.5) is 8.78 Å². The quantitative estimate of drug-likeness (QED) is 0.729. The summed E-state index contributed by atoms with van der Waals surface area (Å²) in [6.07, 6.45) is 0.582. The first kappa shape index (κ1) is 10.8. The number of carbonyl (C=O) groups excluding carboxylic acids is 1. The van der Waals surface area contributed by atoms with E-state index in [1.54, 1.807) is 6.07 Å². The molecule has 1 rings (SSSR count). The van der Waals surface area contributed by atoms with Crippen molar-refractivity contribution in [2.24, 2.45) is 0 Å². The molecular formula is C11H12F2O. The van der Waals surface area contributed by atoms with E-state index in [2.05, 4.69) is 0 Å². The second kappa shape index (κ2) is 4.31. The van der Waals surface area contributed by atoms with Gasteiger partial charge in [-0.25, -0.2) is 8.78 Å². The molecule has 0 unspecified atom stereocenters. The van der Waals surface area contributed by atoms with Gasteiger partial charge in [0.15, 0.2) is 11.6 Å². The van der Waals surface area contributed by atoms with Crippen LogP contribution in [0.1, 0.15) is 25.0 Å². The van der Waals surface area contributed by atoms with E-state index in [9.17, 15) is 13.6 Å². The molecule has 0 spiro atoms. The molecule has 14 heavy (non-hydrogen) atoms. The zero-order valence-electron chi connectivity index (χ0n) is 8.23. The second-order valence-corrected chi connectivity index (χ2v) is 3.28. The average Bonchev–Trinajstić information content (AvgIpc) is 2.11. The fraction of sp³-hybridized carbons (Fsp3) is 0.364. The zero-order chi connectivity index (χ0) is 10.7. The number of ketones is 1. The molecule has 0 heterocycles. The number of aryl methyl sites for hydroxylation is 1. The summed E-state index contributed by atoms with van der Waals surface area (Å²) in [6.45, 7) is 3.21. The molecule has 0 N–H and O–H groups in total. The highest BCUT2D eigenvalue weighted by Crippen LogP contribution is 2.16. The predicted molar refractivity (Wildman–Crippen MR) is 50.1 cm³/mol. The van der Waals surface area contributed by atoms with Gasteiger partial charge in [-0.05, 0) is 30.5 Å². The van der Waals surface area contributed by atoms with Gasteiger partial charge in [0.05, 0.1) is 0 Å². The molecule has 0 aliphatic rings. The van der Waals surface area contributed by atoms with Gasteiger partial charge in [0, 0.05) is 6.42 Å². The van der Waals surface area contributed by atoms with Crippen molar-refractivity contribution in [1.82, 2.24) is 0 Å². The minimum Gasteiger partial charge on any atom is -0.300 e. The van der Waals surface area contributed by atoms with E-state index in [4.69, 9.17) is 0 Å². The van der Waals surface area contributed by atoms with E-state index in [1.807, 2.05) is 6.92 Å². The normalized spacial score (nSPS) is 10.3. The summed E-state index contributed by atoms with van der Waals surface area (Å²) in [4.78, 5) is 10.8. The van der Waals surface area contributed by atoms with E-state index in [0.29, 0.717) is 12.0 Å². The number of hydrogen-bond donors (Lipinski definition) is 0. The van der Waals surface area contributed by atoms with E-state index in [0.717, 1.165) is 0 Å². The number of hydrogen-bond acceptors (Lipinski definition) is 1. The lowest BCUT2D eigenvalue weighted by molar-refractivity contribution is -0.116. The lowest BCUT2D eigenvalue weighted by atomic mass is 10.0. The van der Waals surface area contributed by atoms with Crippen molar-refractivity contribution in [3.63, 3.8) is 0 Å². The minimum atomic E-state index is -0.905.